The van der Waals surface area contributed by atoms with Crippen LogP contribution in [-0.2, 0) is 0 Å². The summed E-state index contributed by atoms with van der Waals surface area (Å²) >= 11 is 5.97. The molecule has 25 heavy (non-hydrogen) atoms. The van der Waals surface area contributed by atoms with Gasteiger partial charge in [-0.2, -0.15) is 4.98 Å². The topological polar surface area (TPSA) is 85.9 Å². The number of rotatable bonds is 1. The fourth-order valence-corrected chi connectivity index (χ4v) is 3.73. The number of aryl methyl sites for hydroxylation is 1. The third-order valence-corrected chi connectivity index (χ3v) is 4.90. The third-order valence-electron chi connectivity index (χ3n) is 4.64. The van der Waals surface area contributed by atoms with Crippen molar-refractivity contribution in [1.82, 2.24) is 14.5 Å². The Kier molecular flexibility index (Phi) is 2.74. The number of carbonyl (C=O) groups is 1. The molecule has 2 aliphatic rings. The molecule has 3 N–H and O–H groups in total. The number of nitrogens with zero attached hydrogens (tertiary/aromatic N) is 2. The first-order valence-corrected chi connectivity index (χ1v) is 8.18. The second-order valence-electron chi connectivity index (χ2n) is 6.14. The molecule has 0 fully saturated rings. The Balaban J connectivity index is 1.73. The number of nitrogens with two attached hydrogens (primary N) is 1. The number of fused-ring (bicyclic) bond motifs is 5. The Morgan fingerprint density at radius 2 is 2.00 bits per heavy atom. The zero-order chi connectivity index (χ0) is 17.3. The van der Waals surface area contributed by atoms with Crippen molar-refractivity contribution in [3.05, 3.63) is 70.1 Å². The number of nitrogens with one attached hydrogen (secondary N) is 1. The number of hydrogen-bond donors (Lipinski definition) is 2. The average molecular weight is 353 g/mol. The van der Waals surface area contributed by atoms with E-state index in [4.69, 9.17) is 22.1 Å². The Bertz CT molecular complexity index is 1080. The molecule has 3 aromatic rings. The molecular formula is C18H13ClN4O2. The van der Waals surface area contributed by atoms with Crippen LogP contribution in [0.3, 0.4) is 0 Å². The van der Waals surface area contributed by atoms with Gasteiger partial charge in [-0.3, -0.25) is 9.36 Å². The lowest BCUT2D eigenvalue weighted by Crippen LogP contribution is -2.22. The summed E-state index contributed by atoms with van der Waals surface area (Å²) in [5, 5.41) is 0.648. The molecule has 1 aromatic carbocycles. The smallest absolute Gasteiger partial charge is 0.265 e. The van der Waals surface area contributed by atoms with Crippen molar-refractivity contribution in [3.63, 3.8) is 0 Å². The Labute approximate surface area is 147 Å². The van der Waals surface area contributed by atoms with Crippen LogP contribution in [0.15, 0.2) is 47.9 Å². The summed E-state index contributed by atoms with van der Waals surface area (Å²) < 4.78 is 7.25. The van der Waals surface area contributed by atoms with Gasteiger partial charge in [0.15, 0.2) is 0 Å². The quantitative estimate of drug-likeness (QED) is 0.704. The molecule has 0 radical (unpaired) electrons. The number of imidazole rings is 1. The maximum Gasteiger partial charge on any atom is 0.265 e. The number of halogens is 1. The normalized spacial score (nSPS) is 18.0. The zero-order valence-corrected chi connectivity index (χ0v) is 14.0. The number of H-pyrrole nitrogens is 1. The van der Waals surface area contributed by atoms with Gasteiger partial charge in [0, 0.05) is 10.7 Å². The van der Waals surface area contributed by atoms with E-state index >= 15 is 0 Å². The Morgan fingerprint density at radius 1 is 1.24 bits per heavy atom. The molecule has 6 nitrogen and oxygen atoms in total. The van der Waals surface area contributed by atoms with Gasteiger partial charge in [0.05, 0.1) is 22.9 Å². The fourth-order valence-electron chi connectivity index (χ4n) is 3.60. The van der Waals surface area contributed by atoms with Crippen LogP contribution in [0.2, 0.25) is 5.02 Å². The molecule has 0 spiro atoms. The van der Waals surface area contributed by atoms with Crippen molar-refractivity contribution in [2.45, 2.75) is 12.8 Å². The number of aromatic nitrogens is 3. The minimum atomic E-state index is -0.293. The summed E-state index contributed by atoms with van der Waals surface area (Å²) in [5.74, 6) is 0.789. The van der Waals surface area contributed by atoms with Gasteiger partial charge < -0.3 is 15.5 Å². The van der Waals surface area contributed by atoms with E-state index in [0.29, 0.717) is 16.5 Å². The highest BCUT2D eigenvalue weighted by molar-refractivity contribution is 6.30. The van der Waals surface area contributed by atoms with Gasteiger partial charge in [0.25, 0.3) is 5.91 Å². The summed E-state index contributed by atoms with van der Waals surface area (Å²) in [7, 11) is 0. The minimum Gasteiger partial charge on any atom is -0.421 e. The van der Waals surface area contributed by atoms with E-state index in [1.165, 1.54) is 0 Å². The maximum absolute atomic E-state index is 13.1. The molecule has 1 unspecified atom stereocenters. The number of aromatic amines is 1. The van der Waals surface area contributed by atoms with Gasteiger partial charge >= 0.3 is 0 Å². The predicted molar refractivity (Wildman–Crippen MR) is 92.5 cm³/mol. The number of benzene rings is 1. The van der Waals surface area contributed by atoms with Crippen molar-refractivity contribution >= 4 is 17.5 Å². The molecule has 2 aliphatic heterocycles. The van der Waals surface area contributed by atoms with Crippen LogP contribution in [-0.4, -0.2) is 20.4 Å². The maximum atomic E-state index is 13.1. The number of allylic oxidation sites excluding steroid dienone is 1. The standard InChI is InChI=1S/C18H13ClN4O2/c1-8-21-15-13-12-7-6-11(9-2-4-10(19)5-3-9)23(12)18(24)14(13)16(20)25-17(15)22-8/h2-7,13H,20H2,1H3,(H,21,22). The molecular weight excluding hydrogens is 340 g/mol. The fraction of sp³-hybridized carbons (Fsp3) is 0.111. The van der Waals surface area contributed by atoms with E-state index in [9.17, 15) is 4.79 Å². The molecule has 7 heteroatoms. The van der Waals surface area contributed by atoms with Crippen LogP contribution in [0.4, 0.5) is 0 Å². The zero-order valence-electron chi connectivity index (χ0n) is 13.2. The van der Waals surface area contributed by atoms with E-state index in [2.05, 4.69) is 9.97 Å². The Morgan fingerprint density at radius 3 is 2.76 bits per heavy atom. The van der Waals surface area contributed by atoms with Crippen LogP contribution in [0, 0.1) is 6.92 Å². The highest BCUT2D eigenvalue weighted by Gasteiger charge is 2.45. The second-order valence-corrected chi connectivity index (χ2v) is 6.58. The lowest BCUT2D eigenvalue weighted by molar-refractivity contribution is 0.0961. The summed E-state index contributed by atoms with van der Waals surface area (Å²) in [4.78, 5) is 20.6. The van der Waals surface area contributed by atoms with Crippen molar-refractivity contribution < 1.29 is 9.53 Å². The summed E-state index contributed by atoms with van der Waals surface area (Å²) in [5.41, 5.74) is 9.79. The summed E-state index contributed by atoms with van der Waals surface area (Å²) in [6.45, 7) is 1.84. The van der Waals surface area contributed by atoms with E-state index in [-0.39, 0.29) is 17.7 Å². The molecule has 2 aromatic heterocycles. The average Bonchev–Trinajstić information content (AvgIpc) is 3.23. The SMILES string of the molecule is Cc1nc2c([nH]1)C1C(=C(N)O2)C(=O)n2c(-c3ccc(Cl)cc3)ccc21. The molecule has 0 amide bonds. The number of hydrogen-bond acceptors (Lipinski definition) is 4. The number of ether oxygens (including phenoxy) is 1. The minimum absolute atomic E-state index is 0.111. The first-order chi connectivity index (χ1) is 12.0. The monoisotopic (exact) mass is 352 g/mol. The van der Waals surface area contributed by atoms with Crippen molar-refractivity contribution in [2.75, 3.05) is 0 Å². The lowest BCUT2D eigenvalue weighted by Gasteiger charge is -2.18. The van der Waals surface area contributed by atoms with E-state index in [1.54, 1.807) is 16.7 Å². The van der Waals surface area contributed by atoms with Crippen LogP contribution < -0.4 is 10.5 Å². The molecule has 124 valence electrons. The number of carbonyl (C=O) groups excluding carboxylic acids is 1. The Hall–Kier alpha value is -2.99. The van der Waals surface area contributed by atoms with Crippen LogP contribution in [0.1, 0.15) is 27.9 Å². The molecule has 0 bridgehead atoms. The molecule has 0 saturated heterocycles. The summed E-state index contributed by atoms with van der Waals surface area (Å²) in [6.07, 6.45) is 0. The highest BCUT2D eigenvalue weighted by atomic mass is 35.5. The van der Waals surface area contributed by atoms with Gasteiger partial charge in [0.2, 0.25) is 11.8 Å². The van der Waals surface area contributed by atoms with Gasteiger partial charge in [-0.1, -0.05) is 23.7 Å². The molecule has 5 rings (SSSR count). The summed E-state index contributed by atoms with van der Waals surface area (Å²) in [6, 6.07) is 11.3. The van der Waals surface area contributed by atoms with Gasteiger partial charge in [0.1, 0.15) is 5.82 Å². The second kappa shape index (κ2) is 4.77. The largest absolute Gasteiger partial charge is 0.421 e. The first kappa shape index (κ1) is 14.4. The van der Waals surface area contributed by atoms with E-state index in [0.717, 1.165) is 28.5 Å². The van der Waals surface area contributed by atoms with Crippen LogP contribution in [0.25, 0.3) is 11.3 Å². The van der Waals surface area contributed by atoms with E-state index in [1.807, 2.05) is 31.2 Å². The third kappa shape index (κ3) is 1.85. The van der Waals surface area contributed by atoms with Crippen LogP contribution in [0.5, 0.6) is 5.88 Å². The first-order valence-electron chi connectivity index (χ1n) is 7.81. The molecule has 4 heterocycles. The highest BCUT2D eigenvalue weighted by Crippen LogP contribution is 2.47. The van der Waals surface area contributed by atoms with Gasteiger partial charge in [-0.15, -0.1) is 0 Å². The van der Waals surface area contributed by atoms with Gasteiger partial charge in [-0.05, 0) is 36.8 Å². The van der Waals surface area contributed by atoms with Crippen molar-refractivity contribution in [1.29, 1.82) is 0 Å². The van der Waals surface area contributed by atoms with Crippen LogP contribution >= 0.6 is 11.6 Å². The molecule has 0 aliphatic carbocycles. The van der Waals surface area contributed by atoms with Crippen molar-refractivity contribution in [2.24, 2.45) is 5.73 Å². The van der Waals surface area contributed by atoms with Gasteiger partial charge in [-0.25, -0.2) is 0 Å². The predicted octanol–water partition coefficient (Wildman–Crippen LogP) is 3.19. The lowest BCUT2D eigenvalue weighted by atomic mass is 9.94. The molecule has 0 saturated carbocycles. The molecule has 1 atom stereocenters. The van der Waals surface area contributed by atoms with Crippen molar-refractivity contribution in [3.8, 4) is 17.1 Å². The van der Waals surface area contributed by atoms with E-state index < -0.39 is 0 Å².